The van der Waals surface area contributed by atoms with E-state index in [1.807, 2.05) is 6.33 Å². The number of fused-ring (bicyclic) bond motifs is 2. The van der Waals surface area contributed by atoms with Crippen LogP contribution in [0, 0.1) is 11.3 Å². The molecule has 2 heterocycles. The summed E-state index contributed by atoms with van der Waals surface area (Å²) < 4.78 is 30.3. The highest BCUT2D eigenvalue weighted by atomic mass is 32.2. The van der Waals surface area contributed by atoms with E-state index < -0.39 is 10.0 Å². The molecule has 1 atom stereocenters. The summed E-state index contributed by atoms with van der Waals surface area (Å²) in [4.78, 5) is 0. The van der Waals surface area contributed by atoms with Crippen LogP contribution in [0.3, 0.4) is 0 Å². The van der Waals surface area contributed by atoms with Crippen molar-refractivity contribution in [2.45, 2.75) is 69.7 Å². The van der Waals surface area contributed by atoms with Gasteiger partial charge in [-0.1, -0.05) is 0 Å². The van der Waals surface area contributed by atoms with Crippen molar-refractivity contribution in [3.8, 4) is 0 Å². The zero-order valence-electron chi connectivity index (χ0n) is 14.8. The van der Waals surface area contributed by atoms with Crippen LogP contribution in [0.4, 0.5) is 0 Å². The Morgan fingerprint density at radius 3 is 2.64 bits per heavy atom. The first-order valence-corrected chi connectivity index (χ1v) is 11.5. The number of aromatic nitrogens is 3. The van der Waals surface area contributed by atoms with Crippen molar-refractivity contribution in [3.05, 3.63) is 12.2 Å². The van der Waals surface area contributed by atoms with Crippen LogP contribution in [-0.4, -0.2) is 46.3 Å². The number of rotatable bonds is 5. The summed E-state index contributed by atoms with van der Waals surface area (Å²) >= 11 is 0. The molecule has 1 saturated heterocycles. The number of nitrogens with zero attached hydrogens (tertiary/aromatic N) is 4. The van der Waals surface area contributed by atoms with Crippen molar-refractivity contribution in [1.29, 1.82) is 0 Å². The van der Waals surface area contributed by atoms with E-state index in [0.717, 1.165) is 43.8 Å². The maximum Gasteiger partial charge on any atom is 0.214 e. The van der Waals surface area contributed by atoms with Gasteiger partial charge in [-0.3, -0.25) is 0 Å². The molecule has 1 aromatic heterocycles. The summed E-state index contributed by atoms with van der Waals surface area (Å²) in [6, 6.07) is 0.546. The van der Waals surface area contributed by atoms with Crippen LogP contribution in [0.15, 0.2) is 6.33 Å². The maximum atomic E-state index is 13.2. The second-order valence-electron chi connectivity index (χ2n) is 8.93. The molecule has 3 aliphatic carbocycles. The second-order valence-corrected chi connectivity index (χ2v) is 10.9. The lowest BCUT2D eigenvalue weighted by Gasteiger charge is -2.35. The molecule has 3 saturated carbocycles. The monoisotopic (exact) mass is 364 g/mol. The van der Waals surface area contributed by atoms with Gasteiger partial charge in [0.05, 0.1) is 5.75 Å². The zero-order chi connectivity index (χ0) is 17.1. The molecule has 0 N–H and O–H groups in total. The lowest BCUT2D eigenvalue weighted by Crippen LogP contribution is -2.43. The molecule has 1 unspecified atom stereocenters. The third-order valence-corrected chi connectivity index (χ3v) is 9.16. The molecule has 0 spiro atoms. The van der Waals surface area contributed by atoms with Crippen LogP contribution in [0.2, 0.25) is 0 Å². The second kappa shape index (κ2) is 5.78. The van der Waals surface area contributed by atoms with E-state index in [1.165, 1.54) is 25.7 Å². The number of hydrogen-bond donors (Lipinski definition) is 0. The fourth-order valence-corrected chi connectivity index (χ4v) is 7.75. The van der Waals surface area contributed by atoms with Gasteiger partial charge in [-0.05, 0) is 69.1 Å². The molecule has 7 heteroatoms. The molecule has 138 valence electrons. The smallest absolute Gasteiger partial charge is 0.214 e. The molecule has 0 aromatic carbocycles. The predicted molar refractivity (Wildman–Crippen MR) is 94.6 cm³/mol. The van der Waals surface area contributed by atoms with Gasteiger partial charge in [0, 0.05) is 25.0 Å². The van der Waals surface area contributed by atoms with Crippen molar-refractivity contribution in [2.24, 2.45) is 11.3 Å². The Hall–Kier alpha value is -0.950. The van der Waals surface area contributed by atoms with E-state index in [4.69, 9.17) is 0 Å². The predicted octanol–water partition coefficient (Wildman–Crippen LogP) is 2.70. The van der Waals surface area contributed by atoms with Crippen LogP contribution in [0.1, 0.15) is 75.6 Å². The summed E-state index contributed by atoms with van der Waals surface area (Å²) in [5, 5.41) is 8.45. The Balaban J connectivity index is 1.32. The van der Waals surface area contributed by atoms with Gasteiger partial charge in [0.25, 0.3) is 0 Å². The van der Waals surface area contributed by atoms with Crippen LogP contribution in [-0.2, 0) is 10.0 Å². The number of sulfonamides is 1. The lowest BCUT2D eigenvalue weighted by molar-refractivity contribution is 0.286. The molecule has 4 fully saturated rings. The van der Waals surface area contributed by atoms with E-state index in [2.05, 4.69) is 14.8 Å². The average molecular weight is 365 g/mol. The van der Waals surface area contributed by atoms with Crippen LogP contribution < -0.4 is 0 Å². The van der Waals surface area contributed by atoms with E-state index in [-0.39, 0.29) is 11.3 Å². The van der Waals surface area contributed by atoms with Gasteiger partial charge in [-0.25, -0.2) is 12.7 Å². The Bertz CT molecular complexity index is 747. The summed E-state index contributed by atoms with van der Waals surface area (Å²) in [6.45, 7) is 1.27. The number of piperidine rings is 1. The highest BCUT2D eigenvalue weighted by Gasteiger charge is 2.48. The van der Waals surface area contributed by atoms with Crippen molar-refractivity contribution < 1.29 is 8.42 Å². The largest absolute Gasteiger partial charge is 0.314 e. The van der Waals surface area contributed by atoms with Gasteiger partial charge in [-0.15, -0.1) is 10.2 Å². The Labute approximate surface area is 150 Å². The first kappa shape index (κ1) is 16.2. The minimum atomic E-state index is -3.18. The Kier molecular flexibility index (Phi) is 3.75. The van der Waals surface area contributed by atoms with Crippen molar-refractivity contribution >= 4 is 10.0 Å². The van der Waals surface area contributed by atoms with E-state index >= 15 is 0 Å². The molecule has 25 heavy (non-hydrogen) atoms. The van der Waals surface area contributed by atoms with Gasteiger partial charge in [0.1, 0.15) is 12.2 Å². The van der Waals surface area contributed by atoms with Crippen molar-refractivity contribution in [2.75, 3.05) is 18.8 Å². The summed E-state index contributed by atoms with van der Waals surface area (Å²) in [7, 11) is -3.18. The number of hydrogen-bond acceptors (Lipinski definition) is 4. The molecule has 0 radical (unpaired) electrons. The molecular formula is C18H28N4O2S. The highest BCUT2D eigenvalue weighted by Crippen LogP contribution is 2.55. The van der Waals surface area contributed by atoms with E-state index in [9.17, 15) is 8.42 Å². The zero-order valence-corrected chi connectivity index (χ0v) is 15.6. The van der Waals surface area contributed by atoms with Crippen LogP contribution >= 0.6 is 0 Å². The molecule has 4 aliphatic rings. The molecule has 6 nitrogen and oxygen atoms in total. The minimum Gasteiger partial charge on any atom is -0.314 e. The van der Waals surface area contributed by atoms with Gasteiger partial charge < -0.3 is 4.57 Å². The molecular weight excluding hydrogens is 336 g/mol. The highest BCUT2D eigenvalue weighted by molar-refractivity contribution is 7.89. The van der Waals surface area contributed by atoms with Gasteiger partial charge in [0.2, 0.25) is 10.0 Å². The normalized spacial score (nSPS) is 36.2. The molecule has 2 bridgehead atoms. The van der Waals surface area contributed by atoms with Crippen molar-refractivity contribution in [3.63, 3.8) is 0 Å². The maximum absolute atomic E-state index is 13.2. The minimum absolute atomic E-state index is 0.0878. The summed E-state index contributed by atoms with van der Waals surface area (Å²) in [5.41, 5.74) is 0.0878. The quantitative estimate of drug-likeness (QED) is 0.805. The first-order chi connectivity index (χ1) is 12.0. The van der Waals surface area contributed by atoms with Gasteiger partial charge in [-0.2, -0.15) is 0 Å². The SMILES string of the molecule is O=S(=O)(CC12CCC(CC1)C2)N1CCCC(c2nncn2C2CC2)C1. The molecule has 1 aromatic rings. The van der Waals surface area contributed by atoms with E-state index in [1.54, 1.807) is 4.31 Å². The van der Waals surface area contributed by atoms with Crippen LogP contribution in [0.5, 0.6) is 0 Å². The molecule has 0 amide bonds. The third kappa shape index (κ3) is 2.93. The lowest BCUT2D eigenvalue weighted by atomic mass is 9.87. The van der Waals surface area contributed by atoms with Gasteiger partial charge >= 0.3 is 0 Å². The molecule has 5 rings (SSSR count). The fourth-order valence-electron chi connectivity index (χ4n) is 5.58. The van der Waals surface area contributed by atoms with Crippen molar-refractivity contribution in [1.82, 2.24) is 19.1 Å². The summed E-state index contributed by atoms with van der Waals surface area (Å²) in [5.74, 6) is 2.37. The Morgan fingerprint density at radius 1 is 1.16 bits per heavy atom. The third-order valence-electron chi connectivity index (χ3n) is 7.06. The van der Waals surface area contributed by atoms with Crippen LogP contribution in [0.25, 0.3) is 0 Å². The standard InChI is InChI=1S/C18H28N4O2S/c23-25(24,12-18-7-5-14(10-18)6-8-18)21-9-1-2-15(11-21)17-20-19-13-22(17)16-3-4-16/h13-16H,1-12H2. The first-order valence-electron chi connectivity index (χ1n) is 9.92. The summed E-state index contributed by atoms with van der Waals surface area (Å²) in [6.07, 6.45) is 12.0. The van der Waals surface area contributed by atoms with E-state index in [0.29, 0.717) is 24.9 Å². The molecule has 1 aliphatic heterocycles. The Morgan fingerprint density at radius 2 is 1.96 bits per heavy atom. The van der Waals surface area contributed by atoms with Gasteiger partial charge in [0.15, 0.2) is 0 Å². The topological polar surface area (TPSA) is 68.1 Å². The average Bonchev–Trinajstić information content (AvgIpc) is 3.04. The fraction of sp³-hybridized carbons (Fsp3) is 0.889.